The maximum absolute atomic E-state index is 5.93. The van der Waals surface area contributed by atoms with Crippen LogP contribution in [0.2, 0.25) is 0 Å². The largest absolute Gasteiger partial charge is 0.381 e. The second-order valence-corrected chi connectivity index (χ2v) is 7.03. The fourth-order valence-electron chi connectivity index (χ4n) is 3.43. The van der Waals surface area contributed by atoms with Gasteiger partial charge in [0.05, 0.1) is 11.8 Å². The second-order valence-electron chi connectivity index (χ2n) is 7.03. The zero-order valence-electron chi connectivity index (χ0n) is 16.8. The Morgan fingerprint density at radius 1 is 1.29 bits per heavy atom. The zero-order chi connectivity index (χ0) is 18.7. The summed E-state index contributed by atoms with van der Waals surface area (Å²) in [4.78, 5) is 9.55. The molecule has 3 heterocycles. The first-order valence-electron chi connectivity index (χ1n) is 10.2. The molecule has 1 aromatic heterocycles. The van der Waals surface area contributed by atoms with Crippen LogP contribution in [0.3, 0.4) is 0 Å². The van der Waals surface area contributed by atoms with Crippen molar-refractivity contribution in [3.8, 4) is 0 Å². The predicted octanol–water partition coefficient (Wildman–Crippen LogP) is 1.96. The van der Waals surface area contributed by atoms with Crippen molar-refractivity contribution in [2.75, 3.05) is 59.1 Å². The van der Waals surface area contributed by atoms with Gasteiger partial charge in [-0.25, -0.2) is 0 Å². The molecule has 8 nitrogen and oxygen atoms in total. The maximum Gasteiger partial charge on any atom is 0.194 e. The van der Waals surface area contributed by atoms with Crippen LogP contribution in [-0.2, 0) is 16.0 Å². The second kappa shape index (κ2) is 13.3. The molecule has 160 valence electrons. The highest BCUT2D eigenvalue weighted by atomic mass is 127. The van der Waals surface area contributed by atoms with E-state index in [2.05, 4.69) is 27.2 Å². The van der Waals surface area contributed by atoms with Gasteiger partial charge in [0.1, 0.15) is 6.26 Å². The first-order valence-corrected chi connectivity index (χ1v) is 10.2. The molecule has 0 unspecified atom stereocenters. The quantitative estimate of drug-likeness (QED) is 0.250. The van der Waals surface area contributed by atoms with E-state index < -0.39 is 0 Å². The van der Waals surface area contributed by atoms with Crippen molar-refractivity contribution < 1.29 is 14.0 Å². The third kappa shape index (κ3) is 7.84. The van der Waals surface area contributed by atoms with E-state index in [0.29, 0.717) is 6.10 Å². The van der Waals surface area contributed by atoms with Crippen LogP contribution in [-0.4, -0.2) is 86.1 Å². The summed E-state index contributed by atoms with van der Waals surface area (Å²) < 4.78 is 16.2. The Balaban J connectivity index is 0.00000280. The van der Waals surface area contributed by atoms with Gasteiger partial charge >= 0.3 is 0 Å². The molecule has 2 aliphatic rings. The van der Waals surface area contributed by atoms with E-state index in [9.17, 15) is 0 Å². The SMILES string of the molecule is CCNC(=NCCCOC1CCOCC1)N1CCN(Cc2ccon2)CC1.I. The monoisotopic (exact) mass is 507 g/mol. The van der Waals surface area contributed by atoms with E-state index in [1.54, 1.807) is 6.26 Å². The van der Waals surface area contributed by atoms with Crippen LogP contribution in [0.25, 0.3) is 0 Å². The molecule has 0 aliphatic carbocycles. The number of nitrogens with one attached hydrogen (secondary N) is 1. The summed E-state index contributed by atoms with van der Waals surface area (Å²) in [5.74, 6) is 1.02. The Bertz CT molecular complexity index is 544. The predicted molar refractivity (Wildman–Crippen MR) is 119 cm³/mol. The molecule has 0 aromatic carbocycles. The summed E-state index contributed by atoms with van der Waals surface area (Å²) in [6, 6.07) is 1.93. The number of hydrogen-bond donors (Lipinski definition) is 1. The highest BCUT2D eigenvalue weighted by Gasteiger charge is 2.20. The Hall–Kier alpha value is -0.910. The zero-order valence-corrected chi connectivity index (χ0v) is 19.2. The van der Waals surface area contributed by atoms with Gasteiger partial charge in [-0.3, -0.25) is 9.89 Å². The summed E-state index contributed by atoms with van der Waals surface area (Å²) >= 11 is 0. The molecule has 0 radical (unpaired) electrons. The van der Waals surface area contributed by atoms with E-state index in [1.165, 1.54) is 0 Å². The molecule has 0 spiro atoms. The Morgan fingerprint density at radius 3 is 2.75 bits per heavy atom. The molecule has 2 fully saturated rings. The van der Waals surface area contributed by atoms with Gasteiger partial charge in [0.25, 0.3) is 0 Å². The van der Waals surface area contributed by atoms with E-state index in [1.807, 2.05) is 6.07 Å². The molecule has 3 rings (SSSR count). The van der Waals surface area contributed by atoms with E-state index >= 15 is 0 Å². The number of piperazine rings is 1. The highest BCUT2D eigenvalue weighted by molar-refractivity contribution is 14.0. The summed E-state index contributed by atoms with van der Waals surface area (Å²) in [5, 5.41) is 7.43. The number of hydrogen-bond acceptors (Lipinski definition) is 6. The molecular formula is C19H34IN5O3. The average Bonchev–Trinajstić information content (AvgIpc) is 3.21. The van der Waals surface area contributed by atoms with Crippen LogP contribution >= 0.6 is 24.0 Å². The van der Waals surface area contributed by atoms with Crippen LogP contribution in [0.4, 0.5) is 0 Å². The molecule has 2 aliphatic heterocycles. The van der Waals surface area contributed by atoms with Crippen LogP contribution < -0.4 is 5.32 Å². The van der Waals surface area contributed by atoms with Gasteiger partial charge in [0, 0.05) is 71.7 Å². The van der Waals surface area contributed by atoms with Crippen LogP contribution in [0.5, 0.6) is 0 Å². The van der Waals surface area contributed by atoms with Crippen molar-refractivity contribution in [1.82, 2.24) is 20.3 Å². The molecule has 0 atom stereocenters. The lowest BCUT2D eigenvalue weighted by atomic mass is 10.1. The molecule has 2 saturated heterocycles. The normalized spacial score (nSPS) is 19.5. The molecule has 0 saturated carbocycles. The molecule has 1 N–H and O–H groups in total. The van der Waals surface area contributed by atoms with Crippen molar-refractivity contribution in [1.29, 1.82) is 0 Å². The molecule has 0 bridgehead atoms. The molecule has 1 aromatic rings. The number of nitrogens with zero attached hydrogens (tertiary/aromatic N) is 4. The van der Waals surface area contributed by atoms with Crippen molar-refractivity contribution in [3.63, 3.8) is 0 Å². The minimum absolute atomic E-state index is 0. The van der Waals surface area contributed by atoms with Crippen molar-refractivity contribution in [2.45, 2.75) is 38.8 Å². The van der Waals surface area contributed by atoms with Gasteiger partial charge in [-0.05, 0) is 26.2 Å². The standard InChI is InChI=1S/C19H33N5O3.HI/c1-2-20-19(21-7-3-12-26-18-5-13-25-14-6-18)24-10-8-23(9-11-24)16-17-4-15-27-22-17;/h4,15,18H,2-3,5-14,16H2,1H3,(H,20,21);1H. The fraction of sp³-hybridized carbons (Fsp3) is 0.789. The molecule has 28 heavy (non-hydrogen) atoms. The minimum Gasteiger partial charge on any atom is -0.381 e. The van der Waals surface area contributed by atoms with Crippen LogP contribution in [0, 0.1) is 0 Å². The van der Waals surface area contributed by atoms with Gasteiger partial charge in [-0.2, -0.15) is 0 Å². The number of aromatic nitrogens is 1. The van der Waals surface area contributed by atoms with Crippen molar-refractivity contribution >= 4 is 29.9 Å². The average molecular weight is 507 g/mol. The number of aliphatic imine (C=N–C) groups is 1. The van der Waals surface area contributed by atoms with Crippen LogP contribution in [0.1, 0.15) is 31.9 Å². The number of rotatable bonds is 8. The summed E-state index contributed by atoms with van der Waals surface area (Å²) in [6.07, 6.45) is 4.99. The molecule has 9 heteroatoms. The first-order chi connectivity index (χ1) is 13.3. The van der Waals surface area contributed by atoms with Gasteiger partial charge in [-0.1, -0.05) is 5.16 Å². The topological polar surface area (TPSA) is 75.4 Å². The third-order valence-electron chi connectivity index (χ3n) is 4.97. The molecule has 0 amide bonds. The number of ether oxygens (including phenoxy) is 2. The Kier molecular flexibility index (Phi) is 11.1. The molecular weight excluding hydrogens is 473 g/mol. The maximum atomic E-state index is 5.93. The fourth-order valence-corrected chi connectivity index (χ4v) is 3.43. The van der Waals surface area contributed by atoms with Gasteiger partial charge in [0.2, 0.25) is 0 Å². The highest BCUT2D eigenvalue weighted by Crippen LogP contribution is 2.11. The van der Waals surface area contributed by atoms with Gasteiger partial charge in [-0.15, -0.1) is 24.0 Å². The summed E-state index contributed by atoms with van der Waals surface area (Å²) in [7, 11) is 0. The first kappa shape index (κ1) is 23.4. The Morgan fingerprint density at radius 2 is 2.07 bits per heavy atom. The van der Waals surface area contributed by atoms with E-state index in [0.717, 1.165) is 96.5 Å². The lowest BCUT2D eigenvalue weighted by Crippen LogP contribution is -2.52. The lowest BCUT2D eigenvalue weighted by molar-refractivity contribution is -0.0318. The van der Waals surface area contributed by atoms with Gasteiger partial charge in [0.15, 0.2) is 5.96 Å². The van der Waals surface area contributed by atoms with Gasteiger partial charge < -0.3 is 24.2 Å². The summed E-state index contributed by atoms with van der Waals surface area (Å²) in [5.41, 5.74) is 0.994. The number of halogens is 1. The Labute approximate surface area is 185 Å². The van der Waals surface area contributed by atoms with Crippen LogP contribution in [0.15, 0.2) is 21.8 Å². The number of guanidine groups is 1. The smallest absolute Gasteiger partial charge is 0.194 e. The lowest BCUT2D eigenvalue weighted by Gasteiger charge is -2.36. The third-order valence-corrected chi connectivity index (χ3v) is 4.97. The van der Waals surface area contributed by atoms with Crippen molar-refractivity contribution in [2.24, 2.45) is 4.99 Å². The summed E-state index contributed by atoms with van der Waals surface area (Å²) in [6.45, 7) is 11.0. The van der Waals surface area contributed by atoms with Crippen molar-refractivity contribution in [3.05, 3.63) is 18.0 Å². The van der Waals surface area contributed by atoms with E-state index in [-0.39, 0.29) is 24.0 Å². The minimum atomic E-state index is 0. The van der Waals surface area contributed by atoms with E-state index in [4.69, 9.17) is 19.0 Å².